The van der Waals surface area contributed by atoms with Crippen molar-refractivity contribution < 1.29 is 4.39 Å². The molecule has 2 aromatic rings. The summed E-state index contributed by atoms with van der Waals surface area (Å²) in [7, 11) is 0. The average molecular weight is 313 g/mol. The molecule has 108 valence electrons. The van der Waals surface area contributed by atoms with Gasteiger partial charge in [-0.15, -0.1) is 11.6 Å². The second-order valence-electron chi connectivity index (χ2n) is 5.65. The van der Waals surface area contributed by atoms with E-state index in [1.807, 2.05) is 24.8 Å². The summed E-state index contributed by atoms with van der Waals surface area (Å²) in [6, 6.07) is 3.40. The fourth-order valence-corrected chi connectivity index (χ4v) is 3.53. The van der Waals surface area contributed by atoms with Gasteiger partial charge in [-0.2, -0.15) is 11.8 Å². The van der Waals surface area contributed by atoms with Gasteiger partial charge in [0.15, 0.2) is 0 Å². The van der Waals surface area contributed by atoms with Gasteiger partial charge in [-0.25, -0.2) is 9.37 Å². The molecule has 5 heteroatoms. The molecule has 1 saturated carbocycles. The van der Waals surface area contributed by atoms with Gasteiger partial charge in [0.1, 0.15) is 11.6 Å². The molecule has 0 N–H and O–H groups in total. The third-order valence-electron chi connectivity index (χ3n) is 4.10. The molecule has 1 unspecified atom stereocenters. The number of alkyl halides is 1. The molecule has 3 rings (SSSR count). The minimum Gasteiger partial charge on any atom is -0.325 e. The van der Waals surface area contributed by atoms with Crippen LogP contribution in [0, 0.1) is 12.7 Å². The van der Waals surface area contributed by atoms with E-state index in [2.05, 4.69) is 15.8 Å². The summed E-state index contributed by atoms with van der Waals surface area (Å²) < 4.78 is 16.2. The molecule has 0 radical (unpaired) electrons. The highest BCUT2D eigenvalue weighted by Crippen LogP contribution is 2.49. The summed E-state index contributed by atoms with van der Waals surface area (Å²) in [5.41, 5.74) is 2.35. The molecule has 2 nitrogen and oxygen atoms in total. The van der Waals surface area contributed by atoms with Crippen molar-refractivity contribution in [3.8, 4) is 0 Å². The largest absolute Gasteiger partial charge is 0.325 e. The number of fused-ring (bicyclic) bond motifs is 1. The van der Waals surface area contributed by atoms with E-state index in [0.29, 0.717) is 15.8 Å². The Hall–Kier alpha value is -0.740. The molecule has 0 spiro atoms. The Morgan fingerprint density at radius 1 is 1.50 bits per heavy atom. The Morgan fingerprint density at radius 3 is 2.75 bits per heavy atom. The first kappa shape index (κ1) is 14.2. The maximum atomic E-state index is 13.7. The second kappa shape index (κ2) is 4.92. The summed E-state index contributed by atoms with van der Waals surface area (Å²) in [6.07, 6.45) is 4.61. The zero-order valence-corrected chi connectivity index (χ0v) is 13.5. The highest BCUT2D eigenvalue weighted by atomic mass is 35.5. The highest BCUT2D eigenvalue weighted by Gasteiger charge is 2.43. The predicted molar refractivity (Wildman–Crippen MR) is 84.2 cm³/mol. The lowest BCUT2D eigenvalue weighted by Crippen LogP contribution is -2.16. The molecule has 0 saturated heterocycles. The molecule has 1 atom stereocenters. The summed E-state index contributed by atoms with van der Waals surface area (Å²) in [5, 5.41) is -0.177. The van der Waals surface area contributed by atoms with Crippen LogP contribution in [-0.2, 0) is 6.54 Å². The monoisotopic (exact) mass is 312 g/mol. The van der Waals surface area contributed by atoms with E-state index in [4.69, 9.17) is 11.6 Å². The van der Waals surface area contributed by atoms with Crippen LogP contribution in [0.15, 0.2) is 12.1 Å². The topological polar surface area (TPSA) is 17.8 Å². The maximum Gasteiger partial charge on any atom is 0.128 e. The molecule has 1 aliphatic rings. The lowest BCUT2D eigenvalue weighted by Gasteiger charge is -2.17. The van der Waals surface area contributed by atoms with Crippen LogP contribution in [0.25, 0.3) is 11.0 Å². The number of imidazole rings is 1. The third-order valence-corrected chi connectivity index (χ3v) is 5.70. The molecular weight excluding hydrogens is 295 g/mol. The van der Waals surface area contributed by atoms with Gasteiger partial charge in [-0.3, -0.25) is 0 Å². The Kier molecular flexibility index (Phi) is 3.49. The number of hydrogen-bond acceptors (Lipinski definition) is 2. The first-order chi connectivity index (χ1) is 9.46. The van der Waals surface area contributed by atoms with Crippen molar-refractivity contribution in [1.82, 2.24) is 9.55 Å². The Labute approximate surface area is 127 Å². The first-order valence-electron chi connectivity index (χ1n) is 6.81. The predicted octanol–water partition coefficient (Wildman–Crippen LogP) is 4.68. The van der Waals surface area contributed by atoms with E-state index in [-0.39, 0.29) is 11.2 Å². The van der Waals surface area contributed by atoms with Crippen LogP contribution in [0.3, 0.4) is 0 Å². The van der Waals surface area contributed by atoms with Crippen LogP contribution in [0.4, 0.5) is 4.39 Å². The number of halogens is 2. The number of hydrogen-bond donors (Lipinski definition) is 0. The van der Waals surface area contributed by atoms with Crippen LogP contribution in [0.1, 0.15) is 36.5 Å². The molecular formula is C15H18ClFN2S. The summed E-state index contributed by atoms with van der Waals surface area (Å²) in [4.78, 5) is 4.54. The van der Waals surface area contributed by atoms with E-state index in [1.165, 1.54) is 18.9 Å². The normalized spacial score (nSPS) is 18.4. The van der Waals surface area contributed by atoms with Crippen LogP contribution in [0.2, 0.25) is 0 Å². The average Bonchev–Trinajstić information content (AvgIpc) is 3.10. The molecule has 0 bridgehead atoms. The van der Waals surface area contributed by atoms with Crippen molar-refractivity contribution in [2.45, 2.75) is 43.4 Å². The Bertz CT molecular complexity index is 661. The fraction of sp³-hybridized carbons (Fsp3) is 0.533. The van der Waals surface area contributed by atoms with Gasteiger partial charge >= 0.3 is 0 Å². The Morgan fingerprint density at radius 2 is 2.20 bits per heavy atom. The number of aromatic nitrogens is 2. The lowest BCUT2D eigenvalue weighted by atomic mass is 10.2. The minimum atomic E-state index is -0.207. The minimum absolute atomic E-state index is 0.177. The van der Waals surface area contributed by atoms with E-state index >= 15 is 0 Å². The molecule has 1 fully saturated rings. The lowest BCUT2D eigenvalue weighted by molar-refractivity contribution is 0.619. The molecule has 1 heterocycles. The summed E-state index contributed by atoms with van der Waals surface area (Å²) in [5.74, 6) is 0.633. The van der Waals surface area contributed by atoms with Crippen molar-refractivity contribution in [1.29, 1.82) is 0 Å². The van der Waals surface area contributed by atoms with Crippen LogP contribution in [0.5, 0.6) is 0 Å². The van der Waals surface area contributed by atoms with Gasteiger partial charge in [0.25, 0.3) is 0 Å². The number of rotatable bonds is 4. The van der Waals surface area contributed by atoms with Gasteiger partial charge in [0.05, 0.1) is 16.4 Å². The molecule has 1 aliphatic carbocycles. The third kappa shape index (κ3) is 2.33. The van der Waals surface area contributed by atoms with E-state index in [9.17, 15) is 4.39 Å². The van der Waals surface area contributed by atoms with Crippen molar-refractivity contribution in [3.05, 3.63) is 29.3 Å². The standard InChI is InChI=1S/C15H18ClFN2S/c1-9-6-13-12(7-11(9)17)18-14(10(2)16)19(13)8-15(20-3)4-5-15/h6-7,10H,4-5,8H2,1-3H3. The molecule has 20 heavy (non-hydrogen) atoms. The molecule has 0 amide bonds. The van der Waals surface area contributed by atoms with Crippen molar-refractivity contribution in [2.75, 3.05) is 6.26 Å². The number of thioether (sulfide) groups is 1. The fourth-order valence-electron chi connectivity index (χ4n) is 2.59. The Balaban J connectivity index is 2.15. The number of benzene rings is 1. The SMILES string of the molecule is CSC1(Cn2c(C(C)Cl)nc3cc(F)c(C)cc32)CC1. The highest BCUT2D eigenvalue weighted by molar-refractivity contribution is 8.00. The molecule has 1 aromatic heterocycles. The van der Waals surface area contributed by atoms with Crippen molar-refractivity contribution in [2.24, 2.45) is 0 Å². The van der Waals surface area contributed by atoms with Gasteiger partial charge in [-0.1, -0.05) is 0 Å². The quantitative estimate of drug-likeness (QED) is 0.763. The van der Waals surface area contributed by atoms with Gasteiger partial charge < -0.3 is 4.57 Å². The first-order valence-corrected chi connectivity index (χ1v) is 8.47. The van der Waals surface area contributed by atoms with Crippen molar-refractivity contribution in [3.63, 3.8) is 0 Å². The second-order valence-corrected chi connectivity index (χ2v) is 7.58. The van der Waals surface area contributed by atoms with Gasteiger partial charge in [-0.05, 0) is 44.6 Å². The molecule has 1 aromatic carbocycles. The summed E-state index contributed by atoms with van der Waals surface area (Å²) >= 11 is 8.17. The van der Waals surface area contributed by atoms with Gasteiger partial charge in [0.2, 0.25) is 0 Å². The maximum absolute atomic E-state index is 13.7. The molecule has 0 aliphatic heterocycles. The van der Waals surface area contributed by atoms with Crippen molar-refractivity contribution >= 4 is 34.4 Å². The van der Waals surface area contributed by atoms with E-state index in [0.717, 1.165) is 17.9 Å². The summed E-state index contributed by atoms with van der Waals surface area (Å²) in [6.45, 7) is 4.61. The number of nitrogens with zero attached hydrogens (tertiary/aromatic N) is 2. The van der Waals surface area contributed by atoms with Crippen LogP contribution < -0.4 is 0 Å². The smallest absolute Gasteiger partial charge is 0.128 e. The van der Waals surface area contributed by atoms with Crippen LogP contribution >= 0.6 is 23.4 Å². The zero-order chi connectivity index (χ0) is 14.5. The number of aryl methyl sites for hydroxylation is 1. The van der Waals surface area contributed by atoms with Gasteiger partial charge in [0, 0.05) is 17.4 Å². The van der Waals surface area contributed by atoms with Crippen LogP contribution in [-0.4, -0.2) is 20.6 Å². The van der Waals surface area contributed by atoms with E-state index in [1.54, 1.807) is 6.92 Å². The van der Waals surface area contributed by atoms with E-state index < -0.39 is 0 Å². The zero-order valence-electron chi connectivity index (χ0n) is 11.9.